The molecule has 1 aromatic carbocycles. The fourth-order valence-electron chi connectivity index (χ4n) is 1.88. The Bertz CT molecular complexity index is 386. The van der Waals surface area contributed by atoms with Crippen LogP contribution in [0.1, 0.15) is 23.2 Å². The van der Waals surface area contributed by atoms with Crippen molar-refractivity contribution in [2.75, 3.05) is 7.11 Å². The van der Waals surface area contributed by atoms with Crippen LogP contribution in [-0.2, 0) is 0 Å². The van der Waals surface area contributed by atoms with Crippen LogP contribution in [0.25, 0.3) is 0 Å². The molecule has 1 saturated carbocycles. The molecule has 1 amide bonds. The van der Waals surface area contributed by atoms with E-state index in [2.05, 4.69) is 5.32 Å². The number of hydrogen-bond donors (Lipinski definition) is 2. The molecule has 2 rings (SSSR count). The first-order valence-electron chi connectivity index (χ1n) is 5.40. The Morgan fingerprint density at radius 2 is 2.12 bits per heavy atom. The number of benzene rings is 1. The molecule has 3 N–H and O–H groups in total. The summed E-state index contributed by atoms with van der Waals surface area (Å²) in [6.07, 6.45) is 1.72. The second-order valence-electron chi connectivity index (χ2n) is 4.10. The van der Waals surface area contributed by atoms with E-state index in [1.165, 1.54) is 0 Å². The molecule has 0 radical (unpaired) electrons. The van der Waals surface area contributed by atoms with Crippen LogP contribution in [0.15, 0.2) is 24.3 Å². The molecule has 0 heterocycles. The zero-order chi connectivity index (χ0) is 11.5. The van der Waals surface area contributed by atoms with Crippen LogP contribution in [0, 0.1) is 0 Å². The van der Waals surface area contributed by atoms with Gasteiger partial charge in [-0.2, -0.15) is 0 Å². The van der Waals surface area contributed by atoms with Crippen molar-refractivity contribution in [2.45, 2.75) is 24.9 Å². The summed E-state index contributed by atoms with van der Waals surface area (Å²) in [6, 6.07) is 7.66. The fourth-order valence-corrected chi connectivity index (χ4v) is 1.88. The number of amides is 1. The monoisotopic (exact) mass is 220 g/mol. The quantitative estimate of drug-likeness (QED) is 0.796. The van der Waals surface area contributed by atoms with Gasteiger partial charge in [0.15, 0.2) is 0 Å². The Kier molecular flexibility index (Phi) is 3.10. The van der Waals surface area contributed by atoms with Crippen molar-refractivity contribution in [1.82, 2.24) is 5.32 Å². The molecule has 4 heteroatoms. The number of hydrogen-bond acceptors (Lipinski definition) is 3. The van der Waals surface area contributed by atoms with Crippen LogP contribution in [0.5, 0.6) is 5.75 Å². The average molecular weight is 220 g/mol. The Morgan fingerprint density at radius 1 is 1.44 bits per heavy atom. The molecule has 86 valence electrons. The summed E-state index contributed by atoms with van der Waals surface area (Å²) in [5.74, 6) is 0.512. The van der Waals surface area contributed by atoms with Crippen molar-refractivity contribution in [3.8, 4) is 5.75 Å². The topological polar surface area (TPSA) is 64.3 Å². The second-order valence-corrected chi connectivity index (χ2v) is 4.10. The molecule has 16 heavy (non-hydrogen) atoms. The van der Waals surface area contributed by atoms with Crippen LogP contribution in [0.2, 0.25) is 0 Å². The van der Waals surface area contributed by atoms with Gasteiger partial charge in [-0.25, -0.2) is 0 Å². The third-order valence-electron chi connectivity index (χ3n) is 2.86. The van der Waals surface area contributed by atoms with Crippen molar-refractivity contribution in [1.29, 1.82) is 0 Å². The molecule has 0 aliphatic heterocycles. The van der Waals surface area contributed by atoms with E-state index in [-0.39, 0.29) is 18.0 Å². The molecular weight excluding hydrogens is 204 g/mol. The summed E-state index contributed by atoms with van der Waals surface area (Å²) in [6.45, 7) is 0. The Labute approximate surface area is 94.8 Å². The normalized spacial score (nSPS) is 23.4. The molecule has 1 aromatic rings. The summed E-state index contributed by atoms with van der Waals surface area (Å²) < 4.78 is 5.14. The lowest BCUT2D eigenvalue weighted by Gasteiger charge is -2.33. The second kappa shape index (κ2) is 4.53. The molecule has 1 aliphatic carbocycles. The van der Waals surface area contributed by atoms with Crippen molar-refractivity contribution in [3.63, 3.8) is 0 Å². The van der Waals surface area contributed by atoms with E-state index in [1.54, 1.807) is 19.2 Å². The highest BCUT2D eigenvalue weighted by Gasteiger charge is 2.27. The van der Waals surface area contributed by atoms with Crippen molar-refractivity contribution in [3.05, 3.63) is 29.8 Å². The smallest absolute Gasteiger partial charge is 0.255 e. The van der Waals surface area contributed by atoms with Gasteiger partial charge in [0.25, 0.3) is 5.91 Å². The molecule has 1 fully saturated rings. The highest BCUT2D eigenvalue weighted by atomic mass is 16.5. The minimum atomic E-state index is -0.0886. The van der Waals surface area contributed by atoms with Crippen molar-refractivity contribution >= 4 is 5.91 Å². The third kappa shape index (κ3) is 2.17. The highest BCUT2D eigenvalue weighted by molar-refractivity contribution is 5.97. The van der Waals surface area contributed by atoms with Crippen LogP contribution < -0.4 is 15.8 Å². The van der Waals surface area contributed by atoms with Crippen LogP contribution in [0.3, 0.4) is 0 Å². The van der Waals surface area contributed by atoms with Gasteiger partial charge in [0.2, 0.25) is 0 Å². The number of para-hydroxylation sites is 1. The molecule has 0 aromatic heterocycles. The minimum Gasteiger partial charge on any atom is -0.496 e. The van der Waals surface area contributed by atoms with Gasteiger partial charge in [-0.1, -0.05) is 12.1 Å². The van der Waals surface area contributed by atoms with E-state index in [9.17, 15) is 4.79 Å². The van der Waals surface area contributed by atoms with Gasteiger partial charge in [-0.3, -0.25) is 4.79 Å². The van der Waals surface area contributed by atoms with Crippen LogP contribution >= 0.6 is 0 Å². The van der Waals surface area contributed by atoms with E-state index < -0.39 is 0 Å². The van der Waals surface area contributed by atoms with Gasteiger partial charge in [0, 0.05) is 12.1 Å². The molecule has 4 nitrogen and oxygen atoms in total. The van der Waals surface area contributed by atoms with E-state index in [4.69, 9.17) is 10.5 Å². The summed E-state index contributed by atoms with van der Waals surface area (Å²) in [5.41, 5.74) is 6.24. The molecule has 1 aliphatic rings. The van der Waals surface area contributed by atoms with Gasteiger partial charge < -0.3 is 15.8 Å². The summed E-state index contributed by atoms with van der Waals surface area (Å²) >= 11 is 0. The molecule has 0 unspecified atom stereocenters. The first kappa shape index (κ1) is 11.0. The van der Waals surface area contributed by atoms with E-state index in [0.29, 0.717) is 11.3 Å². The number of methoxy groups -OCH3 is 1. The number of carbonyl (C=O) groups is 1. The van der Waals surface area contributed by atoms with E-state index in [0.717, 1.165) is 12.8 Å². The number of rotatable bonds is 3. The Balaban J connectivity index is 2.03. The third-order valence-corrected chi connectivity index (χ3v) is 2.86. The number of nitrogens with two attached hydrogens (primary N) is 1. The maximum Gasteiger partial charge on any atom is 0.255 e. The summed E-state index contributed by atoms with van der Waals surface area (Å²) in [5, 5.41) is 2.94. The summed E-state index contributed by atoms with van der Waals surface area (Å²) in [7, 11) is 1.56. The molecule has 0 saturated heterocycles. The first-order chi connectivity index (χ1) is 7.70. The Morgan fingerprint density at radius 3 is 2.75 bits per heavy atom. The SMILES string of the molecule is COc1ccccc1C(=O)NC1CC(N)C1. The maximum atomic E-state index is 11.9. The largest absolute Gasteiger partial charge is 0.496 e. The van der Waals surface area contributed by atoms with Crippen LogP contribution in [0.4, 0.5) is 0 Å². The van der Waals surface area contributed by atoms with Gasteiger partial charge >= 0.3 is 0 Å². The summed E-state index contributed by atoms with van der Waals surface area (Å²) in [4.78, 5) is 11.9. The van der Waals surface area contributed by atoms with Crippen molar-refractivity contribution < 1.29 is 9.53 Å². The van der Waals surface area contributed by atoms with Crippen molar-refractivity contribution in [2.24, 2.45) is 5.73 Å². The van der Waals surface area contributed by atoms with Gasteiger partial charge in [0.1, 0.15) is 5.75 Å². The zero-order valence-electron chi connectivity index (χ0n) is 9.27. The lowest BCUT2D eigenvalue weighted by Crippen LogP contribution is -2.50. The lowest BCUT2D eigenvalue weighted by molar-refractivity contribution is 0.0907. The van der Waals surface area contributed by atoms with E-state index >= 15 is 0 Å². The Hall–Kier alpha value is -1.55. The minimum absolute atomic E-state index is 0.0886. The lowest BCUT2D eigenvalue weighted by atomic mass is 9.87. The van der Waals surface area contributed by atoms with Gasteiger partial charge in [-0.15, -0.1) is 0 Å². The van der Waals surface area contributed by atoms with E-state index in [1.807, 2.05) is 12.1 Å². The number of nitrogens with one attached hydrogen (secondary N) is 1. The predicted molar refractivity (Wildman–Crippen MR) is 61.5 cm³/mol. The zero-order valence-corrected chi connectivity index (χ0v) is 9.27. The molecule has 0 spiro atoms. The van der Waals surface area contributed by atoms with Gasteiger partial charge in [-0.05, 0) is 25.0 Å². The molecule has 0 bridgehead atoms. The van der Waals surface area contributed by atoms with Crippen LogP contribution in [-0.4, -0.2) is 25.1 Å². The highest BCUT2D eigenvalue weighted by Crippen LogP contribution is 2.21. The van der Waals surface area contributed by atoms with Gasteiger partial charge in [0.05, 0.1) is 12.7 Å². The first-order valence-corrected chi connectivity index (χ1v) is 5.40. The average Bonchev–Trinajstić information content (AvgIpc) is 2.27. The number of ether oxygens (including phenoxy) is 1. The maximum absolute atomic E-state index is 11.9. The number of carbonyl (C=O) groups excluding carboxylic acids is 1. The predicted octanol–water partition coefficient (Wildman–Crippen LogP) is 0.915. The molecule has 0 atom stereocenters. The molecular formula is C12H16N2O2. The fraction of sp³-hybridized carbons (Fsp3) is 0.417. The standard InChI is InChI=1S/C12H16N2O2/c1-16-11-5-3-2-4-10(11)12(15)14-9-6-8(13)7-9/h2-5,8-9H,6-7,13H2,1H3,(H,14,15).